The number of hydrogen-bond acceptors (Lipinski definition) is 3. The van der Waals surface area contributed by atoms with Crippen molar-refractivity contribution in [3.63, 3.8) is 0 Å². The zero-order valence-corrected chi connectivity index (χ0v) is 12.3. The normalized spacial score (nSPS) is 10.1. The molecule has 0 amide bonds. The predicted molar refractivity (Wildman–Crippen MR) is 80.6 cm³/mol. The number of carbonyl (C=O) groups is 1. The van der Waals surface area contributed by atoms with Crippen LogP contribution >= 0.6 is 15.9 Å². The smallest absolute Gasteiger partial charge is 0.151 e. The lowest BCUT2D eigenvalue weighted by Gasteiger charge is -2.22. The summed E-state index contributed by atoms with van der Waals surface area (Å²) in [5.74, 6) is 0.806. The van der Waals surface area contributed by atoms with Gasteiger partial charge in [-0.2, -0.15) is 0 Å². The number of methoxy groups -OCH3 is 1. The minimum Gasteiger partial charge on any atom is -0.495 e. The van der Waals surface area contributed by atoms with Crippen LogP contribution in [0.1, 0.15) is 10.4 Å². The molecule has 2 aromatic rings. The number of carbonyl (C=O) groups excluding carboxylic acids is 1. The lowest BCUT2D eigenvalue weighted by atomic mass is 10.2. The molecule has 0 aromatic heterocycles. The molecule has 0 saturated heterocycles. The molecule has 0 saturated carbocycles. The van der Waals surface area contributed by atoms with Crippen LogP contribution in [-0.4, -0.2) is 20.4 Å². The molecular weight excluding hydrogens is 306 g/mol. The zero-order valence-electron chi connectivity index (χ0n) is 10.8. The van der Waals surface area contributed by atoms with E-state index in [0.29, 0.717) is 5.56 Å². The molecule has 2 rings (SSSR count). The number of aldehydes is 1. The topological polar surface area (TPSA) is 29.5 Å². The van der Waals surface area contributed by atoms with Crippen molar-refractivity contribution in [1.29, 1.82) is 0 Å². The maximum absolute atomic E-state index is 10.8. The Labute approximate surface area is 120 Å². The predicted octanol–water partition coefficient (Wildman–Crippen LogP) is 4.04. The summed E-state index contributed by atoms with van der Waals surface area (Å²) in [5, 5.41) is 0. The maximum Gasteiger partial charge on any atom is 0.151 e. The molecule has 0 bridgehead atoms. The fourth-order valence-electron chi connectivity index (χ4n) is 1.87. The van der Waals surface area contributed by atoms with Gasteiger partial charge in [0.15, 0.2) is 6.29 Å². The van der Waals surface area contributed by atoms with Crippen LogP contribution in [-0.2, 0) is 0 Å². The number of halogens is 1. The number of anilines is 2. The summed E-state index contributed by atoms with van der Waals surface area (Å²) in [6.07, 6.45) is 0.830. The molecule has 0 spiro atoms. The monoisotopic (exact) mass is 319 g/mol. The van der Waals surface area contributed by atoms with Gasteiger partial charge in [0.05, 0.1) is 12.8 Å². The molecule has 0 aliphatic heterocycles. The van der Waals surface area contributed by atoms with Crippen molar-refractivity contribution in [2.75, 3.05) is 19.1 Å². The average Bonchev–Trinajstić information content (AvgIpc) is 2.46. The lowest BCUT2D eigenvalue weighted by Crippen LogP contribution is -2.10. The number of nitrogens with zero attached hydrogens (tertiary/aromatic N) is 1. The van der Waals surface area contributed by atoms with Gasteiger partial charge in [-0.15, -0.1) is 0 Å². The molecule has 0 fully saturated rings. The van der Waals surface area contributed by atoms with Crippen LogP contribution < -0.4 is 9.64 Å². The van der Waals surface area contributed by atoms with Gasteiger partial charge in [0.25, 0.3) is 0 Å². The number of benzene rings is 2. The minimum absolute atomic E-state index is 0.636. The summed E-state index contributed by atoms with van der Waals surface area (Å²) in [5.41, 5.74) is 2.58. The van der Waals surface area contributed by atoms with Crippen molar-refractivity contribution < 1.29 is 9.53 Å². The number of rotatable bonds is 4. The van der Waals surface area contributed by atoms with Gasteiger partial charge in [-0.25, -0.2) is 0 Å². The van der Waals surface area contributed by atoms with E-state index >= 15 is 0 Å². The second-order valence-electron chi connectivity index (χ2n) is 4.05. The van der Waals surface area contributed by atoms with E-state index in [1.807, 2.05) is 48.3 Å². The Morgan fingerprint density at radius 2 is 1.95 bits per heavy atom. The first-order valence-corrected chi connectivity index (χ1v) is 6.58. The SMILES string of the molecule is COc1ccccc1N(C)c1ccc(C=O)c(Br)c1. The van der Waals surface area contributed by atoms with Crippen LogP contribution in [0.5, 0.6) is 5.75 Å². The van der Waals surface area contributed by atoms with Crippen LogP contribution in [0.25, 0.3) is 0 Å². The molecule has 19 heavy (non-hydrogen) atoms. The second-order valence-corrected chi connectivity index (χ2v) is 4.91. The zero-order chi connectivity index (χ0) is 13.8. The van der Waals surface area contributed by atoms with Crippen LogP contribution in [0.3, 0.4) is 0 Å². The van der Waals surface area contributed by atoms with E-state index in [2.05, 4.69) is 15.9 Å². The molecule has 0 atom stereocenters. The highest BCUT2D eigenvalue weighted by Gasteiger charge is 2.10. The van der Waals surface area contributed by atoms with Crippen LogP contribution in [0.2, 0.25) is 0 Å². The summed E-state index contributed by atoms with van der Waals surface area (Å²) >= 11 is 3.39. The van der Waals surface area contributed by atoms with Crippen molar-refractivity contribution in [2.45, 2.75) is 0 Å². The van der Waals surface area contributed by atoms with Crippen molar-refractivity contribution in [3.8, 4) is 5.75 Å². The largest absolute Gasteiger partial charge is 0.495 e. The highest BCUT2D eigenvalue weighted by atomic mass is 79.9. The number of ether oxygens (including phenoxy) is 1. The van der Waals surface area contributed by atoms with Crippen molar-refractivity contribution in [2.24, 2.45) is 0 Å². The first-order valence-electron chi connectivity index (χ1n) is 5.79. The van der Waals surface area contributed by atoms with Crippen molar-refractivity contribution in [3.05, 3.63) is 52.5 Å². The van der Waals surface area contributed by atoms with Gasteiger partial charge < -0.3 is 9.64 Å². The molecule has 4 heteroatoms. The second kappa shape index (κ2) is 5.89. The van der Waals surface area contributed by atoms with Gasteiger partial charge in [-0.3, -0.25) is 4.79 Å². The fraction of sp³-hybridized carbons (Fsp3) is 0.133. The molecule has 98 valence electrons. The van der Waals surface area contributed by atoms with Crippen molar-refractivity contribution in [1.82, 2.24) is 0 Å². The Bertz CT molecular complexity index is 598. The van der Waals surface area contributed by atoms with E-state index in [4.69, 9.17) is 4.74 Å². The van der Waals surface area contributed by atoms with Crippen LogP contribution in [0.4, 0.5) is 11.4 Å². The summed E-state index contributed by atoms with van der Waals surface area (Å²) < 4.78 is 6.13. The van der Waals surface area contributed by atoms with E-state index in [0.717, 1.165) is 27.9 Å². The third-order valence-electron chi connectivity index (χ3n) is 2.94. The van der Waals surface area contributed by atoms with E-state index in [1.54, 1.807) is 13.2 Å². The van der Waals surface area contributed by atoms with Gasteiger partial charge >= 0.3 is 0 Å². The summed E-state index contributed by atoms with van der Waals surface area (Å²) in [7, 11) is 3.61. The lowest BCUT2D eigenvalue weighted by molar-refractivity contribution is 0.112. The standard InChI is InChI=1S/C15H14BrNO2/c1-17(14-5-3-4-6-15(14)19-2)12-8-7-11(10-18)13(16)9-12/h3-10H,1-2H3. The van der Waals surface area contributed by atoms with E-state index in [-0.39, 0.29) is 0 Å². The molecule has 0 heterocycles. The Hall–Kier alpha value is -1.81. The first kappa shape index (κ1) is 13.6. The Balaban J connectivity index is 2.41. The fourth-order valence-corrected chi connectivity index (χ4v) is 2.33. The van der Waals surface area contributed by atoms with E-state index in [9.17, 15) is 4.79 Å². The Morgan fingerprint density at radius 1 is 1.21 bits per heavy atom. The third kappa shape index (κ3) is 2.79. The van der Waals surface area contributed by atoms with E-state index < -0.39 is 0 Å². The van der Waals surface area contributed by atoms with Crippen LogP contribution in [0, 0.1) is 0 Å². The van der Waals surface area contributed by atoms with E-state index in [1.165, 1.54) is 0 Å². The van der Waals surface area contributed by atoms with Gasteiger partial charge in [0.1, 0.15) is 5.75 Å². The minimum atomic E-state index is 0.636. The van der Waals surface area contributed by atoms with Gasteiger partial charge in [0.2, 0.25) is 0 Å². The highest BCUT2D eigenvalue weighted by molar-refractivity contribution is 9.10. The van der Waals surface area contributed by atoms with Gasteiger partial charge in [-0.05, 0) is 46.3 Å². The molecular formula is C15H14BrNO2. The molecule has 0 aliphatic rings. The van der Waals surface area contributed by atoms with Crippen molar-refractivity contribution >= 4 is 33.6 Å². The summed E-state index contributed by atoms with van der Waals surface area (Å²) in [6.45, 7) is 0. The summed E-state index contributed by atoms with van der Waals surface area (Å²) in [4.78, 5) is 12.8. The number of para-hydroxylation sites is 2. The molecule has 2 aromatic carbocycles. The van der Waals surface area contributed by atoms with Gasteiger partial charge in [0, 0.05) is 22.8 Å². The number of hydrogen-bond donors (Lipinski definition) is 0. The molecule has 0 aliphatic carbocycles. The average molecular weight is 320 g/mol. The Kier molecular flexibility index (Phi) is 4.22. The Morgan fingerprint density at radius 3 is 2.58 bits per heavy atom. The molecule has 0 radical (unpaired) electrons. The van der Waals surface area contributed by atoms with Crippen LogP contribution in [0.15, 0.2) is 46.9 Å². The van der Waals surface area contributed by atoms with Gasteiger partial charge in [-0.1, -0.05) is 12.1 Å². The first-order chi connectivity index (χ1) is 9.17. The molecule has 3 nitrogen and oxygen atoms in total. The highest BCUT2D eigenvalue weighted by Crippen LogP contribution is 2.33. The summed E-state index contributed by atoms with van der Waals surface area (Å²) in [6, 6.07) is 13.4. The maximum atomic E-state index is 10.8. The third-order valence-corrected chi connectivity index (χ3v) is 3.63. The molecule has 0 unspecified atom stereocenters. The quantitative estimate of drug-likeness (QED) is 0.796. The molecule has 0 N–H and O–H groups in total.